The molecule has 1 saturated heterocycles. The Balaban J connectivity index is 1.73. The molecular weight excluding hydrogens is 367 g/mol. The third-order valence-electron chi connectivity index (χ3n) is 5.59. The van der Waals surface area contributed by atoms with Gasteiger partial charge in [-0.3, -0.25) is 4.79 Å². The molecule has 0 atom stereocenters. The zero-order chi connectivity index (χ0) is 20.4. The summed E-state index contributed by atoms with van der Waals surface area (Å²) >= 11 is 0. The van der Waals surface area contributed by atoms with Crippen molar-refractivity contribution in [3.05, 3.63) is 71.7 Å². The maximum absolute atomic E-state index is 13.4. The van der Waals surface area contributed by atoms with Crippen molar-refractivity contribution in [1.82, 2.24) is 14.7 Å². The van der Waals surface area contributed by atoms with Crippen LogP contribution >= 0.6 is 0 Å². The van der Waals surface area contributed by atoms with Crippen molar-refractivity contribution in [1.29, 1.82) is 0 Å². The Morgan fingerprint density at radius 2 is 1.86 bits per heavy atom. The van der Waals surface area contributed by atoms with Gasteiger partial charge >= 0.3 is 0 Å². The number of nitrogens with zero attached hydrogens (tertiary/aromatic N) is 3. The molecule has 3 aromatic rings. The van der Waals surface area contributed by atoms with E-state index in [4.69, 9.17) is 5.10 Å². The molecule has 1 N–H and O–H groups in total. The van der Waals surface area contributed by atoms with E-state index in [1.807, 2.05) is 36.1 Å². The highest BCUT2D eigenvalue weighted by atomic mass is 19.1. The number of hydrogen-bond donors (Lipinski definition) is 1. The van der Waals surface area contributed by atoms with Gasteiger partial charge in [-0.15, -0.1) is 0 Å². The smallest absolute Gasteiger partial charge is 0.258 e. The fourth-order valence-electron chi connectivity index (χ4n) is 3.81. The second-order valence-corrected chi connectivity index (χ2v) is 7.58. The highest BCUT2D eigenvalue weighted by Crippen LogP contribution is 2.26. The average molecular weight is 393 g/mol. The Morgan fingerprint density at radius 1 is 1.14 bits per heavy atom. The van der Waals surface area contributed by atoms with Crippen molar-refractivity contribution in [2.75, 3.05) is 32.7 Å². The molecular formula is C23H26FN4O+. The average Bonchev–Trinajstić information content (AvgIpc) is 3.19. The van der Waals surface area contributed by atoms with Crippen molar-refractivity contribution in [2.45, 2.75) is 13.8 Å². The minimum Gasteiger partial charge on any atom is -0.332 e. The van der Waals surface area contributed by atoms with Crippen molar-refractivity contribution in [3.8, 4) is 16.9 Å². The van der Waals surface area contributed by atoms with E-state index in [1.165, 1.54) is 17.0 Å². The normalized spacial score (nSPS) is 14.9. The number of carbonyl (C=O) groups is 1. The van der Waals surface area contributed by atoms with Crippen LogP contribution in [-0.2, 0) is 0 Å². The Labute approximate surface area is 170 Å². The molecule has 29 heavy (non-hydrogen) atoms. The van der Waals surface area contributed by atoms with Crippen LogP contribution in [0.2, 0.25) is 0 Å². The zero-order valence-corrected chi connectivity index (χ0v) is 16.9. The van der Waals surface area contributed by atoms with Gasteiger partial charge in [0.1, 0.15) is 11.5 Å². The summed E-state index contributed by atoms with van der Waals surface area (Å²) in [6.07, 6.45) is 1.77. The van der Waals surface area contributed by atoms with E-state index in [1.54, 1.807) is 23.0 Å². The molecule has 0 spiro atoms. The summed E-state index contributed by atoms with van der Waals surface area (Å²) in [5.41, 5.74) is 3.98. The predicted octanol–water partition coefficient (Wildman–Crippen LogP) is 2.35. The quantitative estimate of drug-likeness (QED) is 0.739. The van der Waals surface area contributed by atoms with Gasteiger partial charge in [-0.05, 0) is 44.2 Å². The maximum Gasteiger partial charge on any atom is 0.258 e. The Bertz CT molecular complexity index is 1000. The molecule has 4 rings (SSSR count). The Kier molecular flexibility index (Phi) is 5.45. The third-order valence-corrected chi connectivity index (χ3v) is 5.59. The first kappa shape index (κ1) is 19.3. The molecule has 1 aliphatic rings. The lowest BCUT2D eigenvalue weighted by atomic mass is 10.0. The van der Waals surface area contributed by atoms with Crippen LogP contribution in [0.3, 0.4) is 0 Å². The second kappa shape index (κ2) is 8.17. The lowest BCUT2D eigenvalue weighted by Crippen LogP contribution is -3.14. The largest absolute Gasteiger partial charge is 0.332 e. The van der Waals surface area contributed by atoms with Gasteiger partial charge < -0.3 is 9.80 Å². The number of aryl methyl sites for hydroxylation is 1. The number of benzene rings is 2. The summed E-state index contributed by atoms with van der Waals surface area (Å²) in [5, 5.41) is 4.71. The van der Waals surface area contributed by atoms with Gasteiger partial charge in [0.05, 0.1) is 44.0 Å². The lowest BCUT2D eigenvalue weighted by molar-refractivity contribution is -0.902. The number of likely N-dealkylation sites (N-methyl/N-ethyl adjacent to an activating group) is 1. The van der Waals surface area contributed by atoms with Crippen molar-refractivity contribution in [2.24, 2.45) is 0 Å². The minimum absolute atomic E-state index is 0.00465. The second-order valence-electron chi connectivity index (χ2n) is 7.58. The maximum atomic E-state index is 13.4. The van der Waals surface area contributed by atoms with Crippen LogP contribution in [0.1, 0.15) is 22.8 Å². The predicted molar refractivity (Wildman–Crippen MR) is 111 cm³/mol. The van der Waals surface area contributed by atoms with Crippen LogP contribution in [0.5, 0.6) is 0 Å². The Morgan fingerprint density at radius 3 is 2.52 bits per heavy atom. The first-order chi connectivity index (χ1) is 14.0. The van der Waals surface area contributed by atoms with E-state index < -0.39 is 0 Å². The number of piperazine rings is 1. The fraction of sp³-hybridized carbons (Fsp3) is 0.304. The third kappa shape index (κ3) is 4.07. The van der Waals surface area contributed by atoms with E-state index >= 15 is 0 Å². The monoisotopic (exact) mass is 393 g/mol. The Hall–Kier alpha value is -2.99. The standard InChI is InChI=1S/C23H25FN4O/c1-3-26-11-13-27(14-12-26)23(29)21-16-28(20-9-7-19(24)8-10-20)25-22(21)18-6-4-5-17(2)15-18/h4-10,15-16H,3,11-14H2,1-2H3/p+1. The van der Waals surface area contributed by atoms with Crippen LogP contribution in [0.25, 0.3) is 16.9 Å². The molecule has 0 radical (unpaired) electrons. The molecule has 6 heteroatoms. The highest BCUT2D eigenvalue weighted by Gasteiger charge is 2.27. The van der Waals surface area contributed by atoms with Crippen LogP contribution < -0.4 is 4.90 Å². The number of nitrogens with one attached hydrogen (secondary N) is 1. The summed E-state index contributed by atoms with van der Waals surface area (Å²) in [4.78, 5) is 16.8. The number of rotatable bonds is 4. The minimum atomic E-state index is -0.299. The first-order valence-corrected chi connectivity index (χ1v) is 10.1. The number of halogens is 1. The number of quaternary nitrogens is 1. The summed E-state index contributed by atoms with van der Waals surface area (Å²) in [6.45, 7) is 8.71. The highest BCUT2D eigenvalue weighted by molar-refractivity contribution is 6.00. The molecule has 0 bridgehead atoms. The molecule has 5 nitrogen and oxygen atoms in total. The van der Waals surface area contributed by atoms with Crippen LogP contribution in [0, 0.1) is 12.7 Å². The summed E-state index contributed by atoms with van der Waals surface area (Å²) < 4.78 is 15.0. The lowest BCUT2D eigenvalue weighted by Gasteiger charge is -2.31. The zero-order valence-electron chi connectivity index (χ0n) is 16.9. The molecule has 1 fully saturated rings. The van der Waals surface area contributed by atoms with E-state index in [2.05, 4.69) is 6.92 Å². The van der Waals surface area contributed by atoms with Crippen LogP contribution in [0.15, 0.2) is 54.7 Å². The molecule has 2 aromatic carbocycles. The van der Waals surface area contributed by atoms with Gasteiger partial charge in [0.25, 0.3) is 5.91 Å². The van der Waals surface area contributed by atoms with Crippen LogP contribution in [0.4, 0.5) is 4.39 Å². The van der Waals surface area contributed by atoms with Gasteiger partial charge in [0.15, 0.2) is 0 Å². The van der Waals surface area contributed by atoms with E-state index in [9.17, 15) is 9.18 Å². The molecule has 1 aromatic heterocycles. The topological polar surface area (TPSA) is 42.6 Å². The number of hydrogen-bond acceptors (Lipinski definition) is 2. The van der Waals surface area contributed by atoms with Gasteiger partial charge in [-0.1, -0.05) is 23.8 Å². The fourth-order valence-corrected chi connectivity index (χ4v) is 3.81. The molecule has 0 unspecified atom stereocenters. The molecule has 2 heterocycles. The molecule has 1 aliphatic heterocycles. The van der Waals surface area contributed by atoms with Gasteiger partial charge in [-0.25, -0.2) is 9.07 Å². The van der Waals surface area contributed by atoms with Crippen molar-refractivity contribution < 1.29 is 14.1 Å². The van der Waals surface area contributed by atoms with Crippen molar-refractivity contribution in [3.63, 3.8) is 0 Å². The van der Waals surface area contributed by atoms with E-state index in [0.29, 0.717) is 11.3 Å². The van der Waals surface area contributed by atoms with Crippen molar-refractivity contribution >= 4 is 5.91 Å². The van der Waals surface area contributed by atoms with Gasteiger partial charge in [0, 0.05) is 11.8 Å². The number of amides is 1. The number of aromatic nitrogens is 2. The SMILES string of the molecule is CC[NH+]1CCN(C(=O)c2cn(-c3ccc(F)cc3)nc2-c2cccc(C)c2)CC1. The first-order valence-electron chi connectivity index (χ1n) is 10.1. The molecule has 1 amide bonds. The summed E-state index contributed by atoms with van der Waals surface area (Å²) in [6, 6.07) is 14.1. The summed E-state index contributed by atoms with van der Waals surface area (Å²) in [5.74, 6) is -0.294. The number of carbonyl (C=O) groups excluding carboxylic acids is 1. The van der Waals surface area contributed by atoms with Gasteiger partial charge in [0.2, 0.25) is 0 Å². The molecule has 0 saturated carbocycles. The molecule has 0 aliphatic carbocycles. The van der Waals surface area contributed by atoms with E-state index in [-0.39, 0.29) is 11.7 Å². The van der Waals surface area contributed by atoms with Gasteiger partial charge in [-0.2, -0.15) is 5.10 Å². The molecule has 150 valence electrons. The van der Waals surface area contributed by atoms with Crippen LogP contribution in [-0.4, -0.2) is 53.3 Å². The summed E-state index contributed by atoms with van der Waals surface area (Å²) in [7, 11) is 0. The van der Waals surface area contributed by atoms with E-state index in [0.717, 1.165) is 49.5 Å².